The van der Waals surface area contributed by atoms with Gasteiger partial charge in [0.05, 0.1) is 5.69 Å². The quantitative estimate of drug-likeness (QED) is 0.568. The predicted molar refractivity (Wildman–Crippen MR) is 78.7 cm³/mol. The summed E-state index contributed by atoms with van der Waals surface area (Å²) in [7, 11) is -4.41. The lowest BCUT2D eigenvalue weighted by atomic mass is 10.2. The van der Waals surface area contributed by atoms with Crippen molar-refractivity contribution in [2.45, 2.75) is 5.03 Å². The number of nitrogens with one attached hydrogen (secondary N) is 1. The first-order chi connectivity index (χ1) is 10.1. The van der Waals surface area contributed by atoms with Crippen molar-refractivity contribution in [2.75, 3.05) is 0 Å². The van der Waals surface area contributed by atoms with Crippen LogP contribution in [0.15, 0.2) is 69.9 Å². The van der Waals surface area contributed by atoms with Crippen molar-refractivity contribution in [3.05, 3.63) is 54.6 Å². The second kappa shape index (κ2) is 5.12. The predicted octanol–water partition coefficient (Wildman–Crippen LogP) is 3.83. The second-order valence-electron chi connectivity index (χ2n) is 4.36. The Morgan fingerprint density at radius 2 is 1.57 bits per heavy atom. The van der Waals surface area contributed by atoms with Crippen molar-refractivity contribution >= 4 is 32.4 Å². The average Bonchev–Trinajstić information content (AvgIpc) is 2.85. The summed E-state index contributed by atoms with van der Waals surface area (Å²) >= 11 is 0. The number of para-hydroxylation sites is 1. The molecule has 0 saturated carbocycles. The van der Waals surface area contributed by atoms with Crippen molar-refractivity contribution < 1.29 is 13.0 Å². The molecule has 2 aromatic carbocycles. The van der Waals surface area contributed by atoms with Crippen LogP contribution in [0.25, 0.3) is 10.9 Å². The van der Waals surface area contributed by atoms with Gasteiger partial charge in [-0.05, 0) is 18.2 Å². The van der Waals surface area contributed by atoms with Gasteiger partial charge in [-0.2, -0.15) is 13.5 Å². The van der Waals surface area contributed by atoms with Gasteiger partial charge in [-0.15, -0.1) is 5.11 Å². The minimum atomic E-state index is -4.41. The van der Waals surface area contributed by atoms with Crippen molar-refractivity contribution in [1.29, 1.82) is 0 Å². The molecule has 0 aliphatic rings. The summed E-state index contributed by atoms with van der Waals surface area (Å²) in [4.78, 5) is 2.65. The van der Waals surface area contributed by atoms with Crippen molar-refractivity contribution in [3.63, 3.8) is 0 Å². The Kier molecular flexibility index (Phi) is 3.28. The fourth-order valence-corrected chi connectivity index (χ4v) is 2.62. The molecule has 0 aliphatic carbocycles. The monoisotopic (exact) mass is 301 g/mol. The van der Waals surface area contributed by atoms with E-state index in [0.717, 1.165) is 0 Å². The first-order valence-corrected chi connectivity index (χ1v) is 7.55. The van der Waals surface area contributed by atoms with E-state index in [1.165, 1.54) is 0 Å². The first-order valence-electron chi connectivity index (χ1n) is 6.11. The highest BCUT2D eigenvalue weighted by molar-refractivity contribution is 7.85. The number of fused-ring (bicyclic) bond motifs is 1. The van der Waals surface area contributed by atoms with E-state index in [-0.39, 0.29) is 10.7 Å². The largest absolute Gasteiger partial charge is 0.342 e. The molecule has 0 atom stereocenters. The van der Waals surface area contributed by atoms with Gasteiger partial charge in [-0.25, -0.2) is 0 Å². The number of azo groups is 1. The number of aromatic nitrogens is 1. The Hall–Kier alpha value is -2.51. The number of hydrogen-bond donors (Lipinski definition) is 2. The number of nitrogens with zero attached hydrogens (tertiary/aromatic N) is 2. The van der Waals surface area contributed by atoms with Crippen LogP contribution < -0.4 is 0 Å². The molecule has 0 saturated heterocycles. The summed E-state index contributed by atoms with van der Waals surface area (Å²) in [5.74, 6) is 0. The van der Waals surface area contributed by atoms with E-state index < -0.39 is 10.1 Å². The molecule has 0 fully saturated rings. The van der Waals surface area contributed by atoms with E-state index in [1.54, 1.807) is 48.5 Å². The zero-order valence-corrected chi connectivity index (χ0v) is 11.6. The first kappa shape index (κ1) is 13.5. The average molecular weight is 301 g/mol. The zero-order valence-electron chi connectivity index (χ0n) is 10.8. The molecule has 21 heavy (non-hydrogen) atoms. The third-order valence-corrected chi connectivity index (χ3v) is 3.74. The molecule has 0 amide bonds. The van der Waals surface area contributed by atoms with Gasteiger partial charge in [0.25, 0.3) is 0 Å². The molecule has 3 aromatic rings. The molecule has 6 nitrogen and oxygen atoms in total. The minimum absolute atomic E-state index is 0.0944. The maximum Gasteiger partial charge on any atom is 0.312 e. The number of aromatic amines is 1. The maximum atomic E-state index is 11.5. The maximum absolute atomic E-state index is 11.5. The van der Waals surface area contributed by atoms with Gasteiger partial charge in [-0.1, -0.05) is 36.4 Å². The molecule has 0 radical (unpaired) electrons. The van der Waals surface area contributed by atoms with Crippen LogP contribution in [-0.4, -0.2) is 18.0 Å². The molecule has 106 valence electrons. The molecule has 7 heteroatoms. The van der Waals surface area contributed by atoms with Gasteiger partial charge in [0, 0.05) is 10.9 Å². The zero-order chi connectivity index (χ0) is 14.9. The minimum Gasteiger partial charge on any atom is -0.342 e. The van der Waals surface area contributed by atoms with Crippen LogP contribution in [0.2, 0.25) is 0 Å². The van der Waals surface area contributed by atoms with Crippen molar-refractivity contribution in [2.24, 2.45) is 10.2 Å². The van der Waals surface area contributed by atoms with E-state index >= 15 is 0 Å². The number of hydrogen-bond acceptors (Lipinski definition) is 4. The summed E-state index contributed by atoms with van der Waals surface area (Å²) in [5, 5.41) is 8.20. The smallest absolute Gasteiger partial charge is 0.312 e. The Morgan fingerprint density at radius 1 is 0.905 bits per heavy atom. The topological polar surface area (TPSA) is 94.9 Å². The van der Waals surface area contributed by atoms with Crippen LogP contribution >= 0.6 is 0 Å². The van der Waals surface area contributed by atoms with Gasteiger partial charge >= 0.3 is 10.1 Å². The standard InChI is InChI=1S/C14H11N3O3S/c18-21(19,20)14-13(11-8-4-5-9-12(11)15-14)17-16-10-6-2-1-3-7-10/h1-9,15H,(H,18,19,20). The second-order valence-corrected chi connectivity index (χ2v) is 5.72. The van der Waals surface area contributed by atoms with Crippen molar-refractivity contribution in [1.82, 2.24) is 4.98 Å². The molecular weight excluding hydrogens is 290 g/mol. The van der Waals surface area contributed by atoms with E-state index in [2.05, 4.69) is 15.2 Å². The lowest BCUT2D eigenvalue weighted by molar-refractivity contribution is 0.480. The van der Waals surface area contributed by atoms with Gasteiger partial charge in [-0.3, -0.25) is 4.55 Å². The summed E-state index contributed by atoms with van der Waals surface area (Å²) in [6.07, 6.45) is 0. The number of rotatable bonds is 3. The molecule has 3 rings (SSSR count). The van der Waals surface area contributed by atoms with Gasteiger partial charge in [0.15, 0.2) is 5.03 Å². The van der Waals surface area contributed by atoms with Crippen LogP contribution in [0, 0.1) is 0 Å². The highest BCUT2D eigenvalue weighted by Crippen LogP contribution is 2.34. The van der Waals surface area contributed by atoms with E-state index in [1.807, 2.05) is 6.07 Å². The number of H-pyrrole nitrogens is 1. The van der Waals surface area contributed by atoms with E-state index in [0.29, 0.717) is 16.6 Å². The van der Waals surface area contributed by atoms with Crippen LogP contribution in [0.5, 0.6) is 0 Å². The van der Waals surface area contributed by atoms with Gasteiger partial charge in [0.1, 0.15) is 5.69 Å². The lowest BCUT2D eigenvalue weighted by Crippen LogP contribution is -1.98. The third-order valence-electron chi connectivity index (χ3n) is 2.93. The Balaban J connectivity index is 2.19. The Bertz CT molecular complexity index is 915. The fraction of sp³-hybridized carbons (Fsp3) is 0. The van der Waals surface area contributed by atoms with Crippen LogP contribution in [0.1, 0.15) is 0 Å². The molecule has 0 aliphatic heterocycles. The van der Waals surface area contributed by atoms with Gasteiger partial charge < -0.3 is 4.98 Å². The summed E-state index contributed by atoms with van der Waals surface area (Å²) in [5.41, 5.74) is 1.24. The summed E-state index contributed by atoms with van der Waals surface area (Å²) in [6.45, 7) is 0. The summed E-state index contributed by atoms with van der Waals surface area (Å²) in [6, 6.07) is 15.8. The fourth-order valence-electron chi connectivity index (χ4n) is 1.99. The Labute approximate surface area is 120 Å². The van der Waals surface area contributed by atoms with E-state index in [4.69, 9.17) is 0 Å². The molecule has 0 unspecified atom stereocenters. The highest BCUT2D eigenvalue weighted by Gasteiger charge is 2.21. The Morgan fingerprint density at radius 3 is 2.29 bits per heavy atom. The van der Waals surface area contributed by atoms with Crippen LogP contribution in [0.3, 0.4) is 0 Å². The SMILES string of the molecule is O=S(=O)(O)c1[nH]c2ccccc2c1N=Nc1ccccc1. The summed E-state index contributed by atoms with van der Waals surface area (Å²) < 4.78 is 32.2. The van der Waals surface area contributed by atoms with Crippen LogP contribution in [-0.2, 0) is 10.1 Å². The molecule has 1 aromatic heterocycles. The van der Waals surface area contributed by atoms with Gasteiger partial charge in [0.2, 0.25) is 0 Å². The normalized spacial score (nSPS) is 12.2. The molecule has 1 heterocycles. The van der Waals surface area contributed by atoms with Crippen LogP contribution in [0.4, 0.5) is 11.4 Å². The molecule has 2 N–H and O–H groups in total. The molecule has 0 bridgehead atoms. The van der Waals surface area contributed by atoms with Crippen molar-refractivity contribution in [3.8, 4) is 0 Å². The molecule has 0 spiro atoms. The highest BCUT2D eigenvalue weighted by atomic mass is 32.2. The number of benzene rings is 2. The molecular formula is C14H11N3O3S. The third kappa shape index (κ3) is 2.69. The lowest BCUT2D eigenvalue weighted by Gasteiger charge is -1.95. The van der Waals surface area contributed by atoms with E-state index in [9.17, 15) is 13.0 Å².